The monoisotopic (exact) mass is 247 g/mol. The predicted molar refractivity (Wildman–Crippen MR) is 71.1 cm³/mol. The number of hydrogen-bond acceptors (Lipinski definition) is 2. The average molecular weight is 247 g/mol. The molecular weight excluding hydrogens is 226 g/mol. The topological polar surface area (TPSA) is 40.5 Å². The molecule has 3 nitrogen and oxygen atoms in total. The Balaban J connectivity index is 1.90. The zero-order valence-corrected chi connectivity index (χ0v) is 11.1. The molecule has 1 unspecified atom stereocenters. The van der Waals surface area contributed by atoms with Crippen LogP contribution >= 0.6 is 0 Å². The molecule has 3 heteroatoms. The maximum absolute atomic E-state index is 11.9. The molecule has 0 aromatic heterocycles. The first kappa shape index (κ1) is 13.1. The summed E-state index contributed by atoms with van der Waals surface area (Å²) >= 11 is 0. The van der Waals surface area contributed by atoms with Crippen molar-refractivity contribution >= 4 is 5.91 Å². The third-order valence-electron chi connectivity index (χ3n) is 3.73. The molecule has 98 valence electrons. The highest BCUT2D eigenvalue weighted by molar-refractivity contribution is 5.78. The van der Waals surface area contributed by atoms with Crippen LogP contribution in [0.4, 0.5) is 0 Å². The van der Waals surface area contributed by atoms with E-state index < -0.39 is 5.60 Å². The highest BCUT2D eigenvalue weighted by Crippen LogP contribution is 2.27. The van der Waals surface area contributed by atoms with Crippen molar-refractivity contribution in [1.82, 2.24) is 4.90 Å². The fraction of sp³-hybridized carbons (Fsp3) is 0.533. The van der Waals surface area contributed by atoms with Crippen molar-refractivity contribution in [3.63, 3.8) is 0 Å². The standard InChI is InChI=1S/C15H21NO2/c1-15(2,18)13-10-14(17)16(11-13)9-8-12-6-4-3-5-7-12/h3-7,13,18H,8-11H2,1-2H3. The zero-order valence-electron chi connectivity index (χ0n) is 11.1. The van der Waals surface area contributed by atoms with Gasteiger partial charge in [0, 0.05) is 25.4 Å². The molecule has 0 spiro atoms. The Morgan fingerprint density at radius 1 is 1.33 bits per heavy atom. The largest absolute Gasteiger partial charge is 0.390 e. The summed E-state index contributed by atoms with van der Waals surface area (Å²) in [5.41, 5.74) is 0.481. The quantitative estimate of drug-likeness (QED) is 0.882. The summed E-state index contributed by atoms with van der Waals surface area (Å²) in [6, 6.07) is 10.2. The van der Waals surface area contributed by atoms with E-state index >= 15 is 0 Å². The first-order valence-corrected chi connectivity index (χ1v) is 6.51. The van der Waals surface area contributed by atoms with Crippen LogP contribution in [0, 0.1) is 5.92 Å². The van der Waals surface area contributed by atoms with E-state index in [0.29, 0.717) is 13.0 Å². The van der Waals surface area contributed by atoms with Crippen LogP contribution in [0.3, 0.4) is 0 Å². The second kappa shape index (κ2) is 5.11. The smallest absolute Gasteiger partial charge is 0.223 e. The van der Waals surface area contributed by atoms with Crippen molar-refractivity contribution in [3.05, 3.63) is 35.9 Å². The molecular formula is C15H21NO2. The van der Waals surface area contributed by atoms with E-state index in [-0.39, 0.29) is 11.8 Å². The summed E-state index contributed by atoms with van der Waals surface area (Å²) in [4.78, 5) is 13.7. The minimum atomic E-state index is -0.767. The minimum absolute atomic E-state index is 0.0563. The Morgan fingerprint density at radius 2 is 2.00 bits per heavy atom. The molecule has 1 amide bonds. The van der Waals surface area contributed by atoms with E-state index in [1.54, 1.807) is 13.8 Å². The number of hydrogen-bond donors (Lipinski definition) is 1. The Morgan fingerprint density at radius 3 is 2.56 bits per heavy atom. The Bertz CT molecular complexity index is 408. The number of aliphatic hydroxyl groups is 1. The molecule has 1 aromatic rings. The molecule has 1 heterocycles. The Hall–Kier alpha value is -1.35. The number of benzene rings is 1. The third kappa shape index (κ3) is 3.10. The van der Waals surface area contributed by atoms with Gasteiger partial charge in [-0.2, -0.15) is 0 Å². The number of likely N-dealkylation sites (tertiary alicyclic amines) is 1. The van der Waals surface area contributed by atoms with Crippen LogP contribution in [-0.4, -0.2) is 34.6 Å². The lowest BCUT2D eigenvalue weighted by Gasteiger charge is -2.25. The van der Waals surface area contributed by atoms with Gasteiger partial charge in [0.15, 0.2) is 0 Å². The van der Waals surface area contributed by atoms with Crippen molar-refractivity contribution in [2.45, 2.75) is 32.3 Å². The van der Waals surface area contributed by atoms with Crippen LogP contribution in [0.1, 0.15) is 25.8 Å². The van der Waals surface area contributed by atoms with Gasteiger partial charge in [0.1, 0.15) is 0 Å². The van der Waals surface area contributed by atoms with Gasteiger partial charge in [0.2, 0.25) is 5.91 Å². The molecule has 0 radical (unpaired) electrons. The molecule has 0 aliphatic carbocycles. The molecule has 1 atom stereocenters. The number of rotatable bonds is 4. The van der Waals surface area contributed by atoms with E-state index in [1.807, 2.05) is 23.1 Å². The first-order chi connectivity index (χ1) is 8.47. The lowest BCUT2D eigenvalue weighted by molar-refractivity contribution is -0.127. The van der Waals surface area contributed by atoms with Crippen LogP contribution in [-0.2, 0) is 11.2 Å². The molecule has 0 bridgehead atoms. The Kier molecular flexibility index (Phi) is 3.71. The van der Waals surface area contributed by atoms with E-state index in [1.165, 1.54) is 5.56 Å². The summed E-state index contributed by atoms with van der Waals surface area (Å²) in [5.74, 6) is 0.221. The molecule has 1 aliphatic rings. The van der Waals surface area contributed by atoms with Crippen molar-refractivity contribution in [1.29, 1.82) is 0 Å². The van der Waals surface area contributed by atoms with Gasteiger partial charge in [0.05, 0.1) is 5.60 Å². The van der Waals surface area contributed by atoms with Crippen LogP contribution in [0.5, 0.6) is 0 Å². The second-order valence-electron chi connectivity index (χ2n) is 5.63. The average Bonchev–Trinajstić information content (AvgIpc) is 2.69. The van der Waals surface area contributed by atoms with Crippen molar-refractivity contribution in [3.8, 4) is 0 Å². The van der Waals surface area contributed by atoms with Crippen LogP contribution < -0.4 is 0 Å². The van der Waals surface area contributed by atoms with Crippen LogP contribution in [0.15, 0.2) is 30.3 Å². The summed E-state index contributed by atoms with van der Waals surface area (Å²) < 4.78 is 0. The summed E-state index contributed by atoms with van der Waals surface area (Å²) in [6.45, 7) is 4.99. The first-order valence-electron chi connectivity index (χ1n) is 6.51. The molecule has 18 heavy (non-hydrogen) atoms. The molecule has 2 rings (SSSR count). The number of nitrogens with zero attached hydrogens (tertiary/aromatic N) is 1. The molecule has 0 saturated carbocycles. The van der Waals surface area contributed by atoms with E-state index in [2.05, 4.69) is 12.1 Å². The highest BCUT2D eigenvalue weighted by atomic mass is 16.3. The van der Waals surface area contributed by atoms with Gasteiger partial charge in [-0.05, 0) is 25.8 Å². The van der Waals surface area contributed by atoms with E-state index in [9.17, 15) is 9.90 Å². The van der Waals surface area contributed by atoms with Gasteiger partial charge in [-0.1, -0.05) is 30.3 Å². The van der Waals surface area contributed by atoms with E-state index in [4.69, 9.17) is 0 Å². The van der Waals surface area contributed by atoms with Crippen LogP contribution in [0.2, 0.25) is 0 Å². The molecule has 1 aliphatic heterocycles. The maximum Gasteiger partial charge on any atom is 0.223 e. The van der Waals surface area contributed by atoms with Crippen molar-refractivity contribution in [2.75, 3.05) is 13.1 Å². The number of amides is 1. The predicted octanol–water partition coefficient (Wildman–Crippen LogP) is 1.85. The van der Waals surface area contributed by atoms with E-state index in [0.717, 1.165) is 13.0 Å². The van der Waals surface area contributed by atoms with Crippen molar-refractivity contribution in [2.24, 2.45) is 5.92 Å². The van der Waals surface area contributed by atoms with Gasteiger partial charge < -0.3 is 10.0 Å². The number of carbonyl (C=O) groups excluding carboxylic acids is 1. The van der Waals surface area contributed by atoms with Gasteiger partial charge in [-0.25, -0.2) is 0 Å². The van der Waals surface area contributed by atoms with Gasteiger partial charge in [-0.3, -0.25) is 4.79 Å². The lowest BCUT2D eigenvalue weighted by Crippen LogP contribution is -2.34. The molecule has 1 aromatic carbocycles. The minimum Gasteiger partial charge on any atom is -0.390 e. The normalized spacial score (nSPS) is 20.5. The molecule has 1 N–H and O–H groups in total. The number of carbonyl (C=O) groups is 1. The van der Waals surface area contributed by atoms with Gasteiger partial charge in [-0.15, -0.1) is 0 Å². The molecule has 1 fully saturated rings. The molecule has 1 saturated heterocycles. The Labute approximate surface area is 108 Å². The highest BCUT2D eigenvalue weighted by Gasteiger charge is 2.37. The summed E-state index contributed by atoms with van der Waals surface area (Å²) in [6.07, 6.45) is 1.35. The maximum atomic E-state index is 11.9. The fourth-order valence-corrected chi connectivity index (χ4v) is 2.37. The van der Waals surface area contributed by atoms with Crippen LogP contribution in [0.25, 0.3) is 0 Å². The van der Waals surface area contributed by atoms with Gasteiger partial charge in [0.25, 0.3) is 0 Å². The third-order valence-corrected chi connectivity index (χ3v) is 3.73. The van der Waals surface area contributed by atoms with Crippen molar-refractivity contribution < 1.29 is 9.90 Å². The second-order valence-corrected chi connectivity index (χ2v) is 5.63. The summed E-state index contributed by atoms with van der Waals surface area (Å²) in [5, 5.41) is 9.96. The van der Waals surface area contributed by atoms with Gasteiger partial charge >= 0.3 is 0 Å². The SMILES string of the molecule is CC(C)(O)C1CC(=O)N(CCc2ccccc2)C1. The lowest BCUT2D eigenvalue weighted by atomic mass is 9.90. The fourth-order valence-electron chi connectivity index (χ4n) is 2.37. The summed E-state index contributed by atoms with van der Waals surface area (Å²) in [7, 11) is 0. The zero-order chi connectivity index (χ0) is 13.2.